The van der Waals surface area contributed by atoms with Gasteiger partial charge in [0.05, 0.1) is 6.42 Å². The molecule has 0 radical (unpaired) electrons. The first-order valence-corrected chi connectivity index (χ1v) is 13.4. The number of amides is 2. The second-order valence-corrected chi connectivity index (χ2v) is 10.4. The molecule has 0 heterocycles. The van der Waals surface area contributed by atoms with Crippen molar-refractivity contribution in [2.45, 2.75) is 63.6 Å². The molecule has 1 aliphatic rings. The number of benzene rings is 3. The van der Waals surface area contributed by atoms with E-state index in [0.717, 1.165) is 42.4 Å². The molecule has 0 aromatic heterocycles. The lowest BCUT2D eigenvalue weighted by atomic mass is 9.94. The molecule has 0 aliphatic heterocycles. The molecular weight excluding hydrogens is 491 g/mol. The van der Waals surface area contributed by atoms with Crippen molar-refractivity contribution in [2.24, 2.45) is 0 Å². The molecule has 188 valence electrons. The predicted octanol–water partition coefficient (Wildman–Crippen LogP) is 6.62. The number of rotatable bonds is 9. The van der Waals surface area contributed by atoms with Gasteiger partial charge in [-0.1, -0.05) is 97.1 Å². The van der Waals surface area contributed by atoms with Crippen LogP contribution in [0.2, 0.25) is 10.0 Å². The molecule has 0 bridgehead atoms. The zero-order valence-electron chi connectivity index (χ0n) is 20.3. The summed E-state index contributed by atoms with van der Waals surface area (Å²) in [6, 6.07) is 24.1. The van der Waals surface area contributed by atoms with E-state index in [-0.39, 0.29) is 30.8 Å². The Labute approximate surface area is 223 Å². The van der Waals surface area contributed by atoms with Crippen LogP contribution in [0.5, 0.6) is 0 Å². The van der Waals surface area contributed by atoms with Gasteiger partial charge in [-0.2, -0.15) is 0 Å². The van der Waals surface area contributed by atoms with Gasteiger partial charge in [0, 0.05) is 29.1 Å². The van der Waals surface area contributed by atoms with Crippen molar-refractivity contribution in [1.29, 1.82) is 0 Å². The normalized spacial score (nSPS) is 14.7. The molecular formula is C30H32Cl2N2O2. The molecule has 4 rings (SSSR count). The highest BCUT2D eigenvalue weighted by Crippen LogP contribution is 2.22. The molecule has 1 atom stereocenters. The molecule has 0 spiro atoms. The van der Waals surface area contributed by atoms with E-state index in [9.17, 15) is 9.59 Å². The van der Waals surface area contributed by atoms with Crippen LogP contribution < -0.4 is 5.32 Å². The maximum absolute atomic E-state index is 13.8. The minimum Gasteiger partial charge on any atom is -0.352 e. The van der Waals surface area contributed by atoms with Gasteiger partial charge in [0.15, 0.2) is 0 Å². The zero-order valence-corrected chi connectivity index (χ0v) is 21.8. The molecule has 1 unspecified atom stereocenters. The van der Waals surface area contributed by atoms with Gasteiger partial charge in [0.1, 0.15) is 6.04 Å². The minimum atomic E-state index is -0.653. The van der Waals surface area contributed by atoms with Crippen molar-refractivity contribution in [3.63, 3.8) is 0 Å². The predicted molar refractivity (Wildman–Crippen MR) is 146 cm³/mol. The number of halogens is 2. The van der Waals surface area contributed by atoms with Crippen LogP contribution in [0.1, 0.15) is 48.8 Å². The smallest absolute Gasteiger partial charge is 0.243 e. The Hall–Kier alpha value is -2.82. The van der Waals surface area contributed by atoms with Crippen molar-refractivity contribution < 1.29 is 9.59 Å². The van der Waals surface area contributed by atoms with Crippen molar-refractivity contribution in [3.8, 4) is 0 Å². The van der Waals surface area contributed by atoms with Crippen LogP contribution in [0, 0.1) is 0 Å². The summed E-state index contributed by atoms with van der Waals surface area (Å²) < 4.78 is 0. The van der Waals surface area contributed by atoms with Gasteiger partial charge in [-0.05, 0) is 53.8 Å². The van der Waals surface area contributed by atoms with Crippen LogP contribution in [0.3, 0.4) is 0 Å². The second kappa shape index (κ2) is 12.9. The lowest BCUT2D eigenvalue weighted by molar-refractivity contribution is -0.141. The van der Waals surface area contributed by atoms with E-state index < -0.39 is 6.04 Å². The standard InChI is InChI=1S/C30H32Cl2N2O2/c31-25-13-7-11-23(17-25)20-29(35)34(21-24-12-8-14-26(32)18-24)28(19-22-9-3-1-4-10-22)30(36)33-27-15-5-2-6-16-27/h1,3-4,7-14,17-18,27-28H,2,5-6,15-16,19-21H2,(H,33,36). The summed E-state index contributed by atoms with van der Waals surface area (Å²) in [5, 5.41) is 4.44. The lowest BCUT2D eigenvalue weighted by Crippen LogP contribution is -2.53. The van der Waals surface area contributed by atoms with E-state index in [1.54, 1.807) is 23.1 Å². The Bertz CT molecular complexity index is 1160. The van der Waals surface area contributed by atoms with E-state index in [2.05, 4.69) is 5.32 Å². The Morgan fingerprint density at radius 2 is 1.42 bits per heavy atom. The Morgan fingerprint density at radius 1 is 0.806 bits per heavy atom. The largest absolute Gasteiger partial charge is 0.352 e. The Balaban J connectivity index is 1.65. The molecule has 4 nitrogen and oxygen atoms in total. The average molecular weight is 524 g/mol. The highest BCUT2D eigenvalue weighted by molar-refractivity contribution is 6.30. The number of carbonyl (C=O) groups is 2. The zero-order chi connectivity index (χ0) is 25.3. The first-order valence-electron chi connectivity index (χ1n) is 12.6. The van der Waals surface area contributed by atoms with E-state index in [0.29, 0.717) is 16.5 Å². The molecule has 2 amide bonds. The molecule has 3 aromatic rings. The van der Waals surface area contributed by atoms with Crippen LogP contribution in [-0.2, 0) is 29.0 Å². The molecule has 6 heteroatoms. The van der Waals surface area contributed by atoms with E-state index in [4.69, 9.17) is 23.2 Å². The number of nitrogens with zero attached hydrogens (tertiary/aromatic N) is 1. The Kier molecular flexibility index (Phi) is 9.43. The number of hydrogen-bond acceptors (Lipinski definition) is 2. The van der Waals surface area contributed by atoms with E-state index in [1.807, 2.05) is 60.7 Å². The van der Waals surface area contributed by atoms with Gasteiger partial charge in [-0.3, -0.25) is 9.59 Å². The van der Waals surface area contributed by atoms with Crippen LogP contribution in [0.15, 0.2) is 78.9 Å². The molecule has 1 saturated carbocycles. The molecule has 0 saturated heterocycles. The first kappa shape index (κ1) is 26.2. The topological polar surface area (TPSA) is 49.4 Å². The Morgan fingerprint density at radius 3 is 2.08 bits per heavy atom. The molecule has 1 fully saturated rings. The summed E-state index contributed by atoms with van der Waals surface area (Å²) in [5.74, 6) is -0.232. The summed E-state index contributed by atoms with van der Waals surface area (Å²) in [4.78, 5) is 29.3. The summed E-state index contributed by atoms with van der Waals surface area (Å²) >= 11 is 12.4. The van der Waals surface area contributed by atoms with Crippen LogP contribution in [-0.4, -0.2) is 28.8 Å². The highest BCUT2D eigenvalue weighted by Gasteiger charge is 2.32. The third-order valence-electron chi connectivity index (χ3n) is 6.71. The monoisotopic (exact) mass is 522 g/mol. The van der Waals surface area contributed by atoms with Gasteiger partial charge in [0.25, 0.3) is 0 Å². The van der Waals surface area contributed by atoms with Gasteiger partial charge in [-0.25, -0.2) is 0 Å². The van der Waals surface area contributed by atoms with Gasteiger partial charge in [-0.15, -0.1) is 0 Å². The van der Waals surface area contributed by atoms with Gasteiger partial charge < -0.3 is 10.2 Å². The number of carbonyl (C=O) groups excluding carboxylic acids is 2. The molecule has 1 aliphatic carbocycles. The fourth-order valence-electron chi connectivity index (χ4n) is 4.85. The quantitative estimate of drug-likeness (QED) is 0.343. The second-order valence-electron chi connectivity index (χ2n) is 9.51. The summed E-state index contributed by atoms with van der Waals surface area (Å²) in [6.45, 7) is 0.287. The summed E-state index contributed by atoms with van der Waals surface area (Å²) in [5.41, 5.74) is 2.70. The molecule has 3 aromatic carbocycles. The summed E-state index contributed by atoms with van der Waals surface area (Å²) in [7, 11) is 0. The van der Waals surface area contributed by atoms with E-state index >= 15 is 0 Å². The van der Waals surface area contributed by atoms with Crippen LogP contribution >= 0.6 is 23.2 Å². The highest BCUT2D eigenvalue weighted by atomic mass is 35.5. The molecule has 36 heavy (non-hydrogen) atoms. The number of nitrogens with one attached hydrogen (secondary N) is 1. The van der Waals surface area contributed by atoms with Gasteiger partial charge in [0.2, 0.25) is 11.8 Å². The van der Waals surface area contributed by atoms with Crippen molar-refractivity contribution in [3.05, 3.63) is 106 Å². The maximum atomic E-state index is 13.8. The lowest BCUT2D eigenvalue weighted by Gasteiger charge is -2.33. The van der Waals surface area contributed by atoms with Crippen LogP contribution in [0.4, 0.5) is 0 Å². The van der Waals surface area contributed by atoms with Gasteiger partial charge >= 0.3 is 0 Å². The minimum absolute atomic E-state index is 0.104. The maximum Gasteiger partial charge on any atom is 0.243 e. The van der Waals surface area contributed by atoms with Crippen LogP contribution in [0.25, 0.3) is 0 Å². The fourth-order valence-corrected chi connectivity index (χ4v) is 5.28. The third kappa shape index (κ3) is 7.59. The van der Waals surface area contributed by atoms with Crippen molar-refractivity contribution in [2.75, 3.05) is 0 Å². The average Bonchev–Trinajstić information content (AvgIpc) is 2.87. The van der Waals surface area contributed by atoms with Crippen molar-refractivity contribution in [1.82, 2.24) is 10.2 Å². The van der Waals surface area contributed by atoms with E-state index in [1.165, 1.54) is 6.42 Å². The fraction of sp³-hybridized carbons (Fsp3) is 0.333. The molecule has 1 N–H and O–H groups in total. The SMILES string of the molecule is O=C(NC1CCCCC1)C(Cc1ccccc1)N(Cc1cccc(Cl)c1)C(=O)Cc1cccc(Cl)c1. The first-order chi connectivity index (χ1) is 17.5. The number of hydrogen-bond donors (Lipinski definition) is 1. The third-order valence-corrected chi connectivity index (χ3v) is 7.18. The van der Waals surface area contributed by atoms with Crippen molar-refractivity contribution >= 4 is 35.0 Å². The summed E-state index contributed by atoms with van der Waals surface area (Å²) in [6.07, 6.45) is 5.99.